The summed E-state index contributed by atoms with van der Waals surface area (Å²) in [5.41, 5.74) is -2.79. The number of halogens is 4. The molecule has 2 N–H and O–H groups in total. The molecule has 0 unspecified atom stereocenters. The zero-order valence-electron chi connectivity index (χ0n) is 24.2. The van der Waals surface area contributed by atoms with Gasteiger partial charge in [-0.25, -0.2) is 27.5 Å². The number of H-pyrrole nitrogens is 1. The Morgan fingerprint density at radius 3 is 2.33 bits per heavy atom. The fraction of sp³-hybridized carbons (Fsp3) is 0.448. The number of likely N-dealkylation sites (N-methyl/N-ethyl adjacent to an activating group) is 1. The molecule has 10 nitrogen and oxygen atoms in total. The first kappa shape index (κ1) is 30.4. The van der Waals surface area contributed by atoms with Gasteiger partial charge in [0.15, 0.2) is 5.82 Å². The van der Waals surface area contributed by atoms with E-state index < -0.39 is 46.3 Å². The third-order valence-corrected chi connectivity index (χ3v) is 7.73. The normalized spacial score (nSPS) is 21.4. The lowest BCUT2D eigenvalue weighted by Crippen LogP contribution is -2.50. The number of benzene rings is 1. The number of hydrogen-bond acceptors (Lipinski definition) is 8. The number of aromatic amines is 1. The van der Waals surface area contributed by atoms with E-state index in [2.05, 4.69) is 25.2 Å². The van der Waals surface area contributed by atoms with Gasteiger partial charge in [-0.2, -0.15) is 0 Å². The van der Waals surface area contributed by atoms with Crippen LogP contribution in [0.3, 0.4) is 0 Å². The molecule has 2 aliphatic rings. The topological polar surface area (TPSA) is 107 Å². The van der Waals surface area contributed by atoms with Gasteiger partial charge in [0, 0.05) is 74.4 Å². The number of alkyl halides is 2. The van der Waals surface area contributed by atoms with E-state index >= 15 is 8.78 Å². The molecular formula is C29H33F4N7O3. The van der Waals surface area contributed by atoms with Crippen molar-refractivity contribution in [2.75, 3.05) is 54.9 Å². The number of pyridine rings is 1. The van der Waals surface area contributed by atoms with Gasteiger partial charge in [-0.1, -0.05) is 0 Å². The number of piperazine rings is 1. The summed E-state index contributed by atoms with van der Waals surface area (Å²) >= 11 is 0. The van der Waals surface area contributed by atoms with Crippen molar-refractivity contribution >= 4 is 23.2 Å². The second-order valence-electron chi connectivity index (χ2n) is 11.1. The maximum absolute atomic E-state index is 16.4. The zero-order valence-corrected chi connectivity index (χ0v) is 24.2. The lowest BCUT2D eigenvalue weighted by molar-refractivity contribution is -0.00572. The van der Waals surface area contributed by atoms with Crippen molar-refractivity contribution in [3.05, 3.63) is 63.8 Å². The van der Waals surface area contributed by atoms with E-state index in [0.29, 0.717) is 44.7 Å². The molecule has 230 valence electrons. The Balaban J connectivity index is 1.54. The van der Waals surface area contributed by atoms with Crippen LogP contribution in [0, 0.1) is 11.6 Å². The molecule has 3 aromatic rings. The van der Waals surface area contributed by atoms with E-state index in [4.69, 9.17) is 4.74 Å². The monoisotopic (exact) mass is 603 g/mol. The van der Waals surface area contributed by atoms with Crippen molar-refractivity contribution in [2.24, 2.45) is 0 Å². The summed E-state index contributed by atoms with van der Waals surface area (Å²) in [6.07, 6.45) is -0.483. The van der Waals surface area contributed by atoms with Gasteiger partial charge in [-0.3, -0.25) is 9.59 Å². The number of nitrogens with one attached hydrogen (secondary N) is 2. The van der Waals surface area contributed by atoms with Crippen LogP contribution >= 0.6 is 0 Å². The van der Waals surface area contributed by atoms with Gasteiger partial charge >= 0.3 is 0 Å². The first-order chi connectivity index (χ1) is 20.4. The first-order valence-corrected chi connectivity index (χ1v) is 13.9. The molecule has 4 heterocycles. The van der Waals surface area contributed by atoms with E-state index in [1.54, 1.807) is 4.90 Å². The Kier molecular flexibility index (Phi) is 8.69. The summed E-state index contributed by atoms with van der Waals surface area (Å²) in [4.78, 5) is 41.8. The predicted molar refractivity (Wildman–Crippen MR) is 154 cm³/mol. The van der Waals surface area contributed by atoms with Crippen LogP contribution in [0.15, 0.2) is 35.4 Å². The average Bonchev–Trinajstić information content (AvgIpc) is 2.95. The second kappa shape index (κ2) is 12.3. The zero-order chi connectivity index (χ0) is 31.0. The fourth-order valence-electron chi connectivity index (χ4n) is 5.46. The first-order valence-electron chi connectivity index (χ1n) is 13.9. The molecule has 2 aliphatic heterocycles. The van der Waals surface area contributed by atoms with Crippen LogP contribution in [0.1, 0.15) is 43.2 Å². The summed E-state index contributed by atoms with van der Waals surface area (Å²) < 4.78 is 64.4. The van der Waals surface area contributed by atoms with Gasteiger partial charge in [0.2, 0.25) is 11.5 Å². The van der Waals surface area contributed by atoms with Crippen molar-refractivity contribution in [2.45, 2.75) is 45.4 Å². The minimum absolute atomic E-state index is 0.0359. The summed E-state index contributed by atoms with van der Waals surface area (Å²) in [7, 11) is 1.93. The predicted octanol–water partition coefficient (Wildman–Crippen LogP) is 4.05. The molecule has 2 fully saturated rings. The van der Waals surface area contributed by atoms with Crippen LogP contribution in [0.5, 0.6) is 0 Å². The molecule has 43 heavy (non-hydrogen) atoms. The third kappa shape index (κ3) is 6.49. The van der Waals surface area contributed by atoms with Crippen molar-refractivity contribution in [3.63, 3.8) is 0 Å². The molecule has 14 heteroatoms. The SMILES string of the molecule is C[C@@H]1CN(c2ncc(-c3c(F)cc(N4CCN(C)[C@@H](C)C4)c(NC(=O)c4cc(C(F)F)cc(=O)[nH]4)c3F)cn2)C[C@H](C)O1. The van der Waals surface area contributed by atoms with Crippen molar-refractivity contribution in [1.82, 2.24) is 19.9 Å². The molecule has 2 saturated heterocycles. The van der Waals surface area contributed by atoms with Crippen molar-refractivity contribution in [3.8, 4) is 11.1 Å². The Hall–Kier alpha value is -4.04. The van der Waals surface area contributed by atoms with E-state index in [-0.39, 0.29) is 35.2 Å². The molecule has 5 rings (SSSR count). The largest absolute Gasteiger partial charge is 0.372 e. The Bertz CT molecular complexity index is 1540. The highest BCUT2D eigenvalue weighted by atomic mass is 19.3. The maximum Gasteiger partial charge on any atom is 0.272 e. The van der Waals surface area contributed by atoms with Crippen LogP contribution in [-0.4, -0.2) is 83.8 Å². The molecular weight excluding hydrogens is 570 g/mol. The van der Waals surface area contributed by atoms with E-state index in [1.165, 1.54) is 12.4 Å². The van der Waals surface area contributed by atoms with Crippen LogP contribution in [0.25, 0.3) is 11.1 Å². The number of nitrogens with zero attached hydrogens (tertiary/aromatic N) is 5. The third-order valence-electron chi connectivity index (χ3n) is 7.73. The van der Waals surface area contributed by atoms with Gasteiger partial charge in [0.25, 0.3) is 12.3 Å². The van der Waals surface area contributed by atoms with Crippen LogP contribution in [0.4, 0.5) is 34.9 Å². The number of carbonyl (C=O) groups is 1. The molecule has 0 saturated carbocycles. The highest BCUT2D eigenvalue weighted by molar-refractivity contribution is 6.05. The highest BCUT2D eigenvalue weighted by Crippen LogP contribution is 2.39. The van der Waals surface area contributed by atoms with Gasteiger partial charge in [0.05, 0.1) is 23.5 Å². The Morgan fingerprint density at radius 2 is 1.70 bits per heavy atom. The minimum atomic E-state index is -3.00. The molecule has 1 amide bonds. The van der Waals surface area contributed by atoms with E-state index in [9.17, 15) is 18.4 Å². The number of rotatable bonds is 6. The summed E-state index contributed by atoms with van der Waals surface area (Å²) in [6.45, 7) is 8.33. The van der Waals surface area contributed by atoms with Gasteiger partial charge < -0.3 is 29.7 Å². The number of aromatic nitrogens is 3. The summed E-state index contributed by atoms with van der Waals surface area (Å²) in [6, 6.07) is 2.66. The second-order valence-corrected chi connectivity index (χ2v) is 11.1. The van der Waals surface area contributed by atoms with Crippen LogP contribution in [-0.2, 0) is 4.74 Å². The summed E-state index contributed by atoms with van der Waals surface area (Å²) in [5.74, 6) is -2.64. The highest BCUT2D eigenvalue weighted by Gasteiger charge is 2.30. The molecule has 1 aromatic carbocycles. The van der Waals surface area contributed by atoms with Gasteiger partial charge in [-0.05, 0) is 33.9 Å². The number of anilines is 3. The average molecular weight is 604 g/mol. The maximum atomic E-state index is 16.4. The number of amides is 1. The molecule has 2 aromatic heterocycles. The molecule has 0 bridgehead atoms. The lowest BCUT2D eigenvalue weighted by Gasteiger charge is -2.39. The number of hydrogen-bond donors (Lipinski definition) is 2. The van der Waals surface area contributed by atoms with Crippen molar-refractivity contribution in [1.29, 1.82) is 0 Å². The van der Waals surface area contributed by atoms with Crippen LogP contribution < -0.4 is 20.7 Å². The van der Waals surface area contributed by atoms with Gasteiger partial charge in [0.1, 0.15) is 17.2 Å². The van der Waals surface area contributed by atoms with Crippen molar-refractivity contribution < 1.29 is 27.1 Å². The number of carbonyl (C=O) groups excluding carboxylic acids is 1. The Labute approximate surface area is 245 Å². The number of ether oxygens (including phenoxy) is 1. The van der Waals surface area contributed by atoms with Crippen LogP contribution in [0.2, 0.25) is 0 Å². The number of morpholine rings is 1. The Morgan fingerprint density at radius 1 is 1.02 bits per heavy atom. The fourth-order valence-corrected chi connectivity index (χ4v) is 5.46. The standard InChI is InChI=1S/C29H33F4N7O3/c1-15-12-39(6-5-38(15)4)22-9-20(30)24(19-10-34-29(35-11-19)40-13-16(2)43-17(3)14-40)25(31)26(22)37-28(42)21-7-18(27(32)33)8-23(41)36-21/h7-11,15-17,27H,5-6,12-14H2,1-4H3,(H,36,41)(H,37,42)/t15-,16-,17+/m0/s1. The van der Waals surface area contributed by atoms with E-state index in [0.717, 1.165) is 12.1 Å². The van der Waals surface area contributed by atoms with E-state index in [1.807, 2.05) is 32.7 Å². The lowest BCUT2D eigenvalue weighted by atomic mass is 10.0. The molecule has 0 spiro atoms. The minimum Gasteiger partial charge on any atom is -0.372 e. The molecule has 3 atom stereocenters. The quantitative estimate of drug-likeness (QED) is 0.407. The summed E-state index contributed by atoms with van der Waals surface area (Å²) in [5, 5.41) is 2.41. The smallest absolute Gasteiger partial charge is 0.272 e. The molecule has 0 radical (unpaired) electrons. The van der Waals surface area contributed by atoms with Gasteiger partial charge in [-0.15, -0.1) is 0 Å². The molecule has 0 aliphatic carbocycles.